The molecule has 2 heteroatoms. The first-order chi connectivity index (χ1) is 5.36. The largest absolute Gasteiger partial charge is 0.431 e. The average Bonchev–Trinajstić information content (AvgIpc) is 2.04. The number of rotatable bonds is 0. The molecule has 1 aromatic carbocycles. The third kappa shape index (κ3) is 1.03. The molecule has 0 spiro atoms. The van der Waals surface area contributed by atoms with Gasteiger partial charge in [-0.3, -0.25) is 0 Å². The van der Waals surface area contributed by atoms with Crippen molar-refractivity contribution in [2.45, 2.75) is 0 Å². The second-order valence-corrected chi connectivity index (χ2v) is 2.33. The lowest BCUT2D eigenvalue weighted by molar-refractivity contribution is 0.518. The minimum Gasteiger partial charge on any atom is -0.431 e. The zero-order chi connectivity index (χ0) is 7.68. The fourth-order valence-corrected chi connectivity index (χ4v) is 1.03. The minimum atomic E-state index is -0.302. The third-order valence-corrected chi connectivity index (χ3v) is 1.57. The van der Waals surface area contributed by atoms with Gasteiger partial charge >= 0.3 is 5.63 Å². The first kappa shape index (κ1) is 6.16. The van der Waals surface area contributed by atoms with Crippen LogP contribution in [0.15, 0.2) is 45.8 Å². The van der Waals surface area contributed by atoms with Crippen molar-refractivity contribution in [2.24, 2.45) is 0 Å². The van der Waals surface area contributed by atoms with Gasteiger partial charge in [0.15, 0.2) is 0 Å². The fourth-order valence-electron chi connectivity index (χ4n) is 1.03. The standard InChI is InChI=1S/C9H6O2/c10-9-5-7-3-1-2-4-8(7)6-11-9/h1-6H. The van der Waals surface area contributed by atoms with E-state index in [1.807, 2.05) is 24.3 Å². The van der Waals surface area contributed by atoms with Crippen molar-refractivity contribution in [3.63, 3.8) is 0 Å². The number of benzene rings is 1. The van der Waals surface area contributed by atoms with E-state index < -0.39 is 0 Å². The molecule has 11 heavy (non-hydrogen) atoms. The van der Waals surface area contributed by atoms with E-state index in [-0.39, 0.29) is 5.63 Å². The number of hydrogen-bond donors (Lipinski definition) is 0. The van der Waals surface area contributed by atoms with Crippen LogP contribution in [0.4, 0.5) is 0 Å². The Bertz CT molecular complexity index is 429. The lowest BCUT2D eigenvalue weighted by atomic mass is 10.2. The molecule has 0 bridgehead atoms. The predicted molar refractivity (Wildman–Crippen MR) is 42.5 cm³/mol. The van der Waals surface area contributed by atoms with E-state index in [4.69, 9.17) is 0 Å². The van der Waals surface area contributed by atoms with Gasteiger partial charge in [0.25, 0.3) is 0 Å². The zero-order valence-corrected chi connectivity index (χ0v) is 5.78. The van der Waals surface area contributed by atoms with E-state index in [9.17, 15) is 4.79 Å². The van der Waals surface area contributed by atoms with E-state index >= 15 is 0 Å². The van der Waals surface area contributed by atoms with E-state index in [1.165, 1.54) is 12.3 Å². The van der Waals surface area contributed by atoms with Crippen LogP contribution < -0.4 is 5.63 Å². The number of hydrogen-bond acceptors (Lipinski definition) is 2. The summed E-state index contributed by atoms with van der Waals surface area (Å²) in [5.74, 6) is 0. The summed E-state index contributed by atoms with van der Waals surface area (Å²) in [5, 5.41) is 1.87. The highest BCUT2D eigenvalue weighted by Crippen LogP contribution is 2.08. The molecular formula is C9H6O2. The SMILES string of the molecule is O=c1cc2ccccc2co1. The van der Waals surface area contributed by atoms with Crippen LogP contribution in [0.1, 0.15) is 0 Å². The van der Waals surface area contributed by atoms with Gasteiger partial charge in [-0.2, -0.15) is 0 Å². The Morgan fingerprint density at radius 2 is 1.82 bits per heavy atom. The second kappa shape index (κ2) is 2.23. The lowest BCUT2D eigenvalue weighted by Gasteiger charge is -1.91. The lowest BCUT2D eigenvalue weighted by Crippen LogP contribution is -1.93. The van der Waals surface area contributed by atoms with Gasteiger partial charge in [0.2, 0.25) is 0 Å². The smallest absolute Gasteiger partial charge is 0.336 e. The molecule has 0 atom stereocenters. The summed E-state index contributed by atoms with van der Waals surface area (Å²) in [6, 6.07) is 9.06. The topological polar surface area (TPSA) is 30.2 Å². The molecule has 0 unspecified atom stereocenters. The van der Waals surface area contributed by atoms with E-state index in [2.05, 4.69) is 4.42 Å². The molecule has 0 saturated heterocycles. The molecule has 0 radical (unpaired) electrons. The van der Waals surface area contributed by atoms with Crippen molar-refractivity contribution in [3.05, 3.63) is 47.0 Å². The van der Waals surface area contributed by atoms with Gasteiger partial charge in [0.05, 0.1) is 0 Å². The molecule has 0 fully saturated rings. The van der Waals surface area contributed by atoms with Crippen LogP contribution in [0, 0.1) is 0 Å². The molecule has 1 heterocycles. The molecule has 2 aromatic rings. The van der Waals surface area contributed by atoms with Crippen molar-refractivity contribution >= 4 is 10.8 Å². The summed E-state index contributed by atoms with van der Waals surface area (Å²) in [5.41, 5.74) is -0.302. The molecule has 1 aromatic heterocycles. The highest BCUT2D eigenvalue weighted by Gasteiger charge is 1.91. The highest BCUT2D eigenvalue weighted by atomic mass is 16.4. The van der Waals surface area contributed by atoms with Gasteiger partial charge in [0.1, 0.15) is 6.26 Å². The molecule has 0 aliphatic carbocycles. The quantitative estimate of drug-likeness (QED) is 0.567. The molecule has 54 valence electrons. The molecule has 0 aliphatic heterocycles. The summed E-state index contributed by atoms with van der Waals surface area (Å²) >= 11 is 0. The van der Waals surface area contributed by atoms with Crippen LogP contribution in [0.5, 0.6) is 0 Å². The van der Waals surface area contributed by atoms with Gasteiger partial charge < -0.3 is 4.42 Å². The highest BCUT2D eigenvalue weighted by molar-refractivity contribution is 5.80. The Kier molecular flexibility index (Phi) is 1.25. The minimum absolute atomic E-state index is 0.302. The van der Waals surface area contributed by atoms with Crippen LogP contribution in [0.3, 0.4) is 0 Å². The maximum Gasteiger partial charge on any atom is 0.336 e. The monoisotopic (exact) mass is 146 g/mol. The second-order valence-electron chi connectivity index (χ2n) is 2.33. The Labute approximate surface area is 63.1 Å². The Balaban J connectivity index is 2.94. The van der Waals surface area contributed by atoms with Crippen LogP contribution in [0.2, 0.25) is 0 Å². The van der Waals surface area contributed by atoms with Crippen LogP contribution >= 0.6 is 0 Å². The van der Waals surface area contributed by atoms with Crippen LogP contribution in [0.25, 0.3) is 10.8 Å². The summed E-state index contributed by atoms with van der Waals surface area (Å²) < 4.78 is 4.68. The zero-order valence-electron chi connectivity index (χ0n) is 5.78. The van der Waals surface area contributed by atoms with E-state index in [0.29, 0.717) is 0 Å². The van der Waals surface area contributed by atoms with Gasteiger partial charge in [0, 0.05) is 11.5 Å². The van der Waals surface area contributed by atoms with E-state index in [1.54, 1.807) is 0 Å². The summed E-state index contributed by atoms with van der Waals surface area (Å²) in [6.45, 7) is 0. The van der Waals surface area contributed by atoms with Crippen molar-refractivity contribution in [2.75, 3.05) is 0 Å². The molecule has 2 rings (SSSR count). The van der Waals surface area contributed by atoms with Crippen molar-refractivity contribution in [1.82, 2.24) is 0 Å². The van der Waals surface area contributed by atoms with Gasteiger partial charge in [-0.25, -0.2) is 4.79 Å². The molecule has 0 amide bonds. The molecule has 2 nitrogen and oxygen atoms in total. The first-order valence-corrected chi connectivity index (χ1v) is 3.34. The average molecular weight is 146 g/mol. The maximum absolute atomic E-state index is 10.7. The van der Waals surface area contributed by atoms with Gasteiger partial charge in [-0.1, -0.05) is 24.3 Å². The molecular weight excluding hydrogens is 140 g/mol. The van der Waals surface area contributed by atoms with E-state index in [0.717, 1.165) is 10.8 Å². The Morgan fingerprint density at radius 3 is 2.64 bits per heavy atom. The Hall–Kier alpha value is -1.57. The van der Waals surface area contributed by atoms with Crippen LogP contribution in [-0.2, 0) is 0 Å². The Morgan fingerprint density at radius 1 is 1.09 bits per heavy atom. The van der Waals surface area contributed by atoms with Crippen LogP contribution in [-0.4, -0.2) is 0 Å². The summed E-state index contributed by atoms with van der Waals surface area (Å²) in [4.78, 5) is 10.7. The molecule has 0 N–H and O–H groups in total. The van der Waals surface area contributed by atoms with Gasteiger partial charge in [-0.05, 0) is 5.39 Å². The molecule has 0 saturated carbocycles. The fraction of sp³-hybridized carbons (Fsp3) is 0. The number of fused-ring (bicyclic) bond motifs is 1. The maximum atomic E-state index is 10.7. The normalized spacial score (nSPS) is 10.2. The van der Waals surface area contributed by atoms with Crippen molar-refractivity contribution < 1.29 is 4.42 Å². The predicted octanol–water partition coefficient (Wildman–Crippen LogP) is 1.79. The van der Waals surface area contributed by atoms with Crippen molar-refractivity contribution in [1.29, 1.82) is 0 Å². The molecule has 0 aliphatic rings. The third-order valence-electron chi connectivity index (χ3n) is 1.57. The van der Waals surface area contributed by atoms with Crippen molar-refractivity contribution in [3.8, 4) is 0 Å². The summed E-state index contributed by atoms with van der Waals surface area (Å²) in [7, 11) is 0. The summed E-state index contributed by atoms with van der Waals surface area (Å²) in [6.07, 6.45) is 1.47. The van der Waals surface area contributed by atoms with Gasteiger partial charge in [-0.15, -0.1) is 0 Å². The first-order valence-electron chi connectivity index (χ1n) is 3.34.